The SMILES string of the molecule is CCc1ccc(CC(C(=O)O)c2ccc(N3CCCC3)cc2)cc1. The first-order chi connectivity index (χ1) is 11.7. The summed E-state index contributed by atoms with van der Waals surface area (Å²) in [5.41, 5.74) is 4.43. The van der Waals surface area contributed by atoms with Crippen LogP contribution in [0.15, 0.2) is 48.5 Å². The van der Waals surface area contributed by atoms with Crippen molar-refractivity contribution >= 4 is 11.7 Å². The number of benzene rings is 2. The molecule has 0 bridgehead atoms. The van der Waals surface area contributed by atoms with E-state index in [9.17, 15) is 9.90 Å². The Morgan fingerprint density at radius 2 is 1.58 bits per heavy atom. The molecule has 1 N–H and O–H groups in total. The molecule has 0 radical (unpaired) electrons. The predicted octanol–water partition coefficient (Wildman–Crippen LogP) is 4.26. The number of carboxylic acids is 1. The summed E-state index contributed by atoms with van der Waals surface area (Å²) in [7, 11) is 0. The minimum atomic E-state index is -0.761. The van der Waals surface area contributed by atoms with Gasteiger partial charge in [-0.05, 0) is 54.5 Å². The number of rotatable bonds is 6. The van der Waals surface area contributed by atoms with Gasteiger partial charge in [0.15, 0.2) is 0 Å². The van der Waals surface area contributed by atoms with Crippen LogP contribution in [0.25, 0.3) is 0 Å². The second kappa shape index (κ2) is 7.52. The Bertz CT molecular complexity index is 670. The molecule has 2 aromatic carbocycles. The molecule has 1 heterocycles. The van der Waals surface area contributed by atoms with Crippen LogP contribution in [-0.4, -0.2) is 24.2 Å². The Balaban J connectivity index is 1.75. The van der Waals surface area contributed by atoms with Crippen molar-refractivity contribution in [1.29, 1.82) is 0 Å². The highest BCUT2D eigenvalue weighted by Gasteiger charge is 2.21. The number of hydrogen-bond donors (Lipinski definition) is 1. The Morgan fingerprint density at radius 1 is 1.00 bits per heavy atom. The van der Waals surface area contributed by atoms with Crippen LogP contribution in [-0.2, 0) is 17.6 Å². The molecule has 1 unspecified atom stereocenters. The monoisotopic (exact) mass is 323 g/mol. The molecule has 24 heavy (non-hydrogen) atoms. The van der Waals surface area contributed by atoms with Gasteiger partial charge in [-0.15, -0.1) is 0 Å². The summed E-state index contributed by atoms with van der Waals surface area (Å²) >= 11 is 0. The Labute approximate surface area is 143 Å². The Kier molecular flexibility index (Phi) is 5.19. The van der Waals surface area contributed by atoms with Gasteiger partial charge in [0, 0.05) is 18.8 Å². The van der Waals surface area contributed by atoms with E-state index in [1.807, 2.05) is 24.3 Å². The maximum atomic E-state index is 11.8. The van der Waals surface area contributed by atoms with Gasteiger partial charge in [0.05, 0.1) is 5.92 Å². The maximum Gasteiger partial charge on any atom is 0.311 e. The number of anilines is 1. The summed E-state index contributed by atoms with van der Waals surface area (Å²) in [5, 5.41) is 9.66. The van der Waals surface area contributed by atoms with Crippen LogP contribution in [0.3, 0.4) is 0 Å². The second-order valence-corrected chi connectivity index (χ2v) is 6.55. The lowest BCUT2D eigenvalue weighted by atomic mass is 9.91. The molecule has 0 amide bonds. The number of carbonyl (C=O) groups is 1. The molecule has 1 aliphatic heterocycles. The van der Waals surface area contributed by atoms with E-state index in [1.54, 1.807) is 0 Å². The molecule has 1 fully saturated rings. The highest BCUT2D eigenvalue weighted by molar-refractivity contribution is 5.76. The number of hydrogen-bond acceptors (Lipinski definition) is 2. The van der Waals surface area contributed by atoms with Gasteiger partial charge in [0.1, 0.15) is 0 Å². The molecule has 3 heteroatoms. The summed E-state index contributed by atoms with van der Waals surface area (Å²) in [5.74, 6) is -1.26. The third-order valence-corrected chi connectivity index (χ3v) is 4.94. The smallest absolute Gasteiger partial charge is 0.311 e. The fourth-order valence-corrected chi connectivity index (χ4v) is 3.39. The molecule has 0 saturated carbocycles. The predicted molar refractivity (Wildman–Crippen MR) is 97.8 cm³/mol. The molecule has 3 rings (SSSR count). The van der Waals surface area contributed by atoms with Crippen LogP contribution in [0, 0.1) is 0 Å². The zero-order valence-corrected chi connectivity index (χ0v) is 14.2. The Hall–Kier alpha value is -2.29. The average Bonchev–Trinajstić information content (AvgIpc) is 3.15. The average molecular weight is 323 g/mol. The fraction of sp³-hybridized carbons (Fsp3) is 0.381. The van der Waals surface area contributed by atoms with Gasteiger partial charge in [-0.2, -0.15) is 0 Å². The summed E-state index contributed by atoms with van der Waals surface area (Å²) in [6.07, 6.45) is 4.02. The number of aliphatic carboxylic acids is 1. The summed E-state index contributed by atoms with van der Waals surface area (Å²) in [6, 6.07) is 16.4. The van der Waals surface area contributed by atoms with Gasteiger partial charge in [-0.25, -0.2) is 0 Å². The van der Waals surface area contributed by atoms with E-state index in [1.165, 1.54) is 24.1 Å². The zero-order valence-electron chi connectivity index (χ0n) is 14.2. The van der Waals surface area contributed by atoms with Crippen molar-refractivity contribution < 1.29 is 9.90 Å². The van der Waals surface area contributed by atoms with E-state index in [2.05, 4.69) is 36.1 Å². The van der Waals surface area contributed by atoms with Gasteiger partial charge in [-0.1, -0.05) is 43.3 Å². The molecular formula is C21H25NO2. The molecule has 0 aliphatic carbocycles. The van der Waals surface area contributed by atoms with Crippen LogP contribution in [0.4, 0.5) is 5.69 Å². The molecule has 1 saturated heterocycles. The summed E-state index contributed by atoms with van der Waals surface area (Å²) in [6.45, 7) is 4.33. The first-order valence-electron chi connectivity index (χ1n) is 8.83. The largest absolute Gasteiger partial charge is 0.481 e. The highest BCUT2D eigenvalue weighted by atomic mass is 16.4. The van der Waals surface area contributed by atoms with Gasteiger partial charge < -0.3 is 10.0 Å². The molecule has 0 spiro atoms. The van der Waals surface area contributed by atoms with Crippen molar-refractivity contribution in [2.45, 2.75) is 38.5 Å². The lowest BCUT2D eigenvalue weighted by molar-refractivity contribution is -0.138. The van der Waals surface area contributed by atoms with Crippen molar-refractivity contribution in [2.24, 2.45) is 0 Å². The normalized spacial score (nSPS) is 15.5. The Morgan fingerprint density at radius 3 is 2.12 bits per heavy atom. The van der Waals surface area contributed by atoms with E-state index < -0.39 is 11.9 Å². The van der Waals surface area contributed by atoms with Crippen molar-refractivity contribution in [3.05, 3.63) is 65.2 Å². The third kappa shape index (κ3) is 3.78. The van der Waals surface area contributed by atoms with Crippen molar-refractivity contribution in [2.75, 3.05) is 18.0 Å². The number of aryl methyl sites for hydroxylation is 1. The first kappa shape index (κ1) is 16.6. The van der Waals surface area contributed by atoms with Crippen LogP contribution >= 0.6 is 0 Å². The van der Waals surface area contributed by atoms with Crippen molar-refractivity contribution in [3.63, 3.8) is 0 Å². The molecule has 1 aliphatic rings. The molecule has 3 nitrogen and oxygen atoms in total. The van der Waals surface area contributed by atoms with Crippen LogP contribution in [0.1, 0.15) is 42.4 Å². The van der Waals surface area contributed by atoms with E-state index in [-0.39, 0.29) is 0 Å². The van der Waals surface area contributed by atoms with E-state index in [0.717, 1.165) is 30.6 Å². The van der Waals surface area contributed by atoms with Crippen molar-refractivity contribution in [3.8, 4) is 0 Å². The number of carboxylic acid groups (broad SMARTS) is 1. The van der Waals surface area contributed by atoms with Crippen molar-refractivity contribution in [1.82, 2.24) is 0 Å². The topological polar surface area (TPSA) is 40.5 Å². The minimum absolute atomic E-state index is 0.495. The third-order valence-electron chi connectivity index (χ3n) is 4.94. The standard InChI is InChI=1S/C21H25NO2/c1-2-16-5-7-17(8-6-16)15-20(21(23)24)18-9-11-19(12-10-18)22-13-3-4-14-22/h5-12,20H,2-4,13-15H2,1H3,(H,23,24). The van der Waals surface area contributed by atoms with Gasteiger partial charge in [0.2, 0.25) is 0 Å². The van der Waals surface area contributed by atoms with E-state index in [4.69, 9.17) is 0 Å². The van der Waals surface area contributed by atoms with Crippen LogP contribution < -0.4 is 4.90 Å². The zero-order chi connectivity index (χ0) is 16.9. The lowest BCUT2D eigenvalue weighted by Gasteiger charge is -2.19. The number of nitrogens with zero attached hydrogens (tertiary/aromatic N) is 1. The first-order valence-corrected chi connectivity index (χ1v) is 8.83. The summed E-state index contributed by atoms with van der Waals surface area (Å²) in [4.78, 5) is 14.1. The fourth-order valence-electron chi connectivity index (χ4n) is 3.39. The molecule has 0 aromatic heterocycles. The summed E-state index contributed by atoms with van der Waals surface area (Å²) < 4.78 is 0. The van der Waals surface area contributed by atoms with E-state index >= 15 is 0 Å². The van der Waals surface area contributed by atoms with Crippen LogP contribution in [0.5, 0.6) is 0 Å². The molecule has 2 aromatic rings. The molecule has 126 valence electrons. The maximum absolute atomic E-state index is 11.8. The molecular weight excluding hydrogens is 298 g/mol. The minimum Gasteiger partial charge on any atom is -0.481 e. The highest BCUT2D eigenvalue weighted by Crippen LogP contribution is 2.26. The van der Waals surface area contributed by atoms with Gasteiger partial charge in [0.25, 0.3) is 0 Å². The quantitative estimate of drug-likeness (QED) is 0.863. The van der Waals surface area contributed by atoms with Gasteiger partial charge >= 0.3 is 5.97 Å². The lowest BCUT2D eigenvalue weighted by Crippen LogP contribution is -2.18. The molecule has 1 atom stereocenters. The second-order valence-electron chi connectivity index (χ2n) is 6.55. The van der Waals surface area contributed by atoms with E-state index in [0.29, 0.717) is 6.42 Å². The van der Waals surface area contributed by atoms with Gasteiger partial charge in [-0.3, -0.25) is 4.79 Å². The van der Waals surface area contributed by atoms with Crippen LogP contribution in [0.2, 0.25) is 0 Å².